The third kappa shape index (κ3) is 7.19. The van der Waals surface area contributed by atoms with E-state index in [1.54, 1.807) is 25.2 Å². The van der Waals surface area contributed by atoms with Crippen molar-refractivity contribution in [1.82, 2.24) is 4.72 Å². The Labute approximate surface area is 193 Å². The fraction of sp³-hybridized carbons (Fsp3) is 0.391. The summed E-state index contributed by atoms with van der Waals surface area (Å²) in [4.78, 5) is 25.5. The molecule has 0 radical (unpaired) electrons. The van der Waals surface area contributed by atoms with Crippen LogP contribution in [0.5, 0.6) is 11.5 Å². The molecule has 0 spiro atoms. The van der Waals surface area contributed by atoms with E-state index in [1.807, 2.05) is 18.2 Å². The first-order valence-electron chi connectivity index (χ1n) is 10.7. The quantitative estimate of drug-likeness (QED) is 0.392. The Morgan fingerprint density at radius 2 is 1.73 bits per heavy atom. The van der Waals surface area contributed by atoms with Gasteiger partial charge in [0.1, 0.15) is 13.2 Å². The molecule has 0 atom stereocenters. The van der Waals surface area contributed by atoms with Crippen LogP contribution in [-0.4, -0.2) is 53.7 Å². The molecule has 1 N–H and O–H groups in total. The lowest BCUT2D eigenvalue weighted by Gasteiger charge is -2.18. The molecular formula is C23H28N2O7S. The lowest BCUT2D eigenvalue weighted by Crippen LogP contribution is -2.31. The molecule has 3 rings (SSSR count). The average molecular weight is 477 g/mol. The molecule has 0 bridgehead atoms. The number of hydrogen-bond acceptors (Lipinski definition) is 7. The SMILES string of the molecule is CN(C(=O)COC(=O)CCCCCNS(=O)(=O)c1ccc2c(c1)OCCO2)c1ccccc1. The highest BCUT2D eigenvalue weighted by Gasteiger charge is 2.19. The molecule has 0 saturated carbocycles. The van der Waals surface area contributed by atoms with E-state index in [0.29, 0.717) is 44.0 Å². The van der Waals surface area contributed by atoms with Gasteiger partial charge in [-0.25, -0.2) is 13.1 Å². The van der Waals surface area contributed by atoms with Gasteiger partial charge in [-0.15, -0.1) is 0 Å². The maximum absolute atomic E-state index is 12.4. The largest absolute Gasteiger partial charge is 0.486 e. The number of carbonyl (C=O) groups is 2. The lowest BCUT2D eigenvalue weighted by atomic mass is 10.2. The molecule has 0 fully saturated rings. The average Bonchev–Trinajstić information content (AvgIpc) is 2.84. The number of hydrogen-bond donors (Lipinski definition) is 1. The summed E-state index contributed by atoms with van der Waals surface area (Å²) in [6, 6.07) is 13.6. The monoisotopic (exact) mass is 476 g/mol. The molecule has 9 nitrogen and oxygen atoms in total. The van der Waals surface area contributed by atoms with Gasteiger partial charge in [-0.3, -0.25) is 9.59 Å². The van der Waals surface area contributed by atoms with Crippen LogP contribution in [0.15, 0.2) is 53.4 Å². The van der Waals surface area contributed by atoms with Gasteiger partial charge in [0.25, 0.3) is 5.91 Å². The first-order chi connectivity index (χ1) is 15.9. The zero-order chi connectivity index (χ0) is 23.7. The minimum absolute atomic E-state index is 0.112. The molecule has 2 aromatic rings. The lowest BCUT2D eigenvalue weighted by molar-refractivity contribution is -0.147. The Bertz CT molecular complexity index is 1060. The van der Waals surface area contributed by atoms with Crippen LogP contribution in [0, 0.1) is 0 Å². The molecule has 1 amide bonds. The third-order valence-corrected chi connectivity index (χ3v) is 6.51. The minimum atomic E-state index is -3.67. The summed E-state index contributed by atoms with van der Waals surface area (Å²) in [5.41, 5.74) is 0.720. The molecular weight excluding hydrogens is 448 g/mol. The third-order valence-electron chi connectivity index (χ3n) is 5.05. The summed E-state index contributed by atoms with van der Waals surface area (Å²) in [6.45, 7) is 0.738. The topological polar surface area (TPSA) is 111 Å². The number of likely N-dealkylation sites (N-methyl/N-ethyl adjacent to an activating group) is 1. The minimum Gasteiger partial charge on any atom is -0.486 e. The highest BCUT2D eigenvalue weighted by molar-refractivity contribution is 7.89. The molecule has 2 aromatic carbocycles. The number of benzene rings is 2. The summed E-state index contributed by atoms with van der Waals surface area (Å²) in [7, 11) is -2.04. The van der Waals surface area contributed by atoms with Gasteiger partial charge in [-0.1, -0.05) is 24.6 Å². The number of carbonyl (C=O) groups excluding carboxylic acids is 2. The predicted octanol–water partition coefficient (Wildman–Crippen LogP) is 2.50. The number of para-hydroxylation sites is 1. The van der Waals surface area contributed by atoms with Gasteiger partial charge >= 0.3 is 5.97 Å². The molecule has 33 heavy (non-hydrogen) atoms. The molecule has 1 aliphatic rings. The van der Waals surface area contributed by atoms with Crippen LogP contribution in [0.3, 0.4) is 0 Å². The number of esters is 1. The van der Waals surface area contributed by atoms with E-state index in [0.717, 1.165) is 5.69 Å². The van der Waals surface area contributed by atoms with Gasteiger partial charge in [-0.2, -0.15) is 0 Å². The normalized spacial score (nSPS) is 12.8. The first kappa shape index (κ1) is 24.5. The standard InChI is InChI=1S/C23H28N2O7S/c1-25(18-8-4-2-5-9-18)22(26)17-32-23(27)10-6-3-7-13-24-33(28,29)19-11-12-20-21(16-19)31-15-14-30-20/h2,4-5,8-9,11-12,16,24H,3,6-7,10,13-15,17H2,1H3. The molecule has 0 aromatic heterocycles. The van der Waals surface area contributed by atoms with Crippen LogP contribution in [0.1, 0.15) is 25.7 Å². The molecule has 0 saturated heterocycles. The summed E-state index contributed by atoms with van der Waals surface area (Å²) >= 11 is 0. The maximum atomic E-state index is 12.4. The zero-order valence-corrected chi connectivity index (χ0v) is 19.3. The van der Waals surface area contributed by atoms with E-state index in [-0.39, 0.29) is 30.4 Å². The van der Waals surface area contributed by atoms with Crippen LogP contribution in [0.4, 0.5) is 5.69 Å². The Hall–Kier alpha value is -3.11. The van der Waals surface area contributed by atoms with Crippen molar-refractivity contribution < 1.29 is 32.2 Å². The van der Waals surface area contributed by atoms with Crippen molar-refractivity contribution in [1.29, 1.82) is 0 Å². The van der Waals surface area contributed by atoms with E-state index >= 15 is 0 Å². The van der Waals surface area contributed by atoms with Crippen molar-refractivity contribution in [2.24, 2.45) is 0 Å². The van der Waals surface area contributed by atoms with Crippen molar-refractivity contribution in [3.05, 3.63) is 48.5 Å². The van der Waals surface area contributed by atoms with Gasteiger partial charge in [0.05, 0.1) is 4.90 Å². The van der Waals surface area contributed by atoms with Crippen molar-refractivity contribution in [2.75, 3.05) is 38.3 Å². The smallest absolute Gasteiger partial charge is 0.306 e. The molecule has 178 valence electrons. The Morgan fingerprint density at radius 1 is 1.00 bits per heavy atom. The van der Waals surface area contributed by atoms with E-state index in [9.17, 15) is 18.0 Å². The van der Waals surface area contributed by atoms with Gasteiger partial charge in [0.2, 0.25) is 10.0 Å². The Kier molecular flexibility index (Phi) is 8.67. The second kappa shape index (κ2) is 11.7. The number of anilines is 1. The summed E-state index contributed by atoms with van der Waals surface area (Å²) < 4.78 is 43.3. The van der Waals surface area contributed by atoms with Crippen molar-refractivity contribution in [3.63, 3.8) is 0 Å². The van der Waals surface area contributed by atoms with Crippen LogP contribution < -0.4 is 19.1 Å². The summed E-state index contributed by atoms with van der Waals surface area (Å²) in [5, 5.41) is 0. The van der Waals surface area contributed by atoms with Gasteiger partial charge < -0.3 is 19.1 Å². The highest BCUT2D eigenvalue weighted by atomic mass is 32.2. The van der Waals surface area contributed by atoms with Gasteiger partial charge in [0.15, 0.2) is 18.1 Å². The summed E-state index contributed by atoms with van der Waals surface area (Å²) in [6.07, 6.45) is 1.90. The Balaban J connectivity index is 1.31. The summed E-state index contributed by atoms with van der Waals surface area (Å²) in [5.74, 6) is 0.168. The number of unbranched alkanes of at least 4 members (excludes halogenated alkanes) is 2. The van der Waals surface area contributed by atoms with Crippen molar-refractivity contribution >= 4 is 27.6 Å². The van der Waals surface area contributed by atoms with Gasteiger partial charge in [0, 0.05) is 31.8 Å². The number of sulfonamides is 1. The predicted molar refractivity (Wildman–Crippen MR) is 122 cm³/mol. The van der Waals surface area contributed by atoms with E-state index < -0.39 is 16.0 Å². The number of fused-ring (bicyclic) bond motifs is 1. The van der Waals surface area contributed by atoms with Crippen LogP contribution in [0.25, 0.3) is 0 Å². The first-order valence-corrected chi connectivity index (χ1v) is 12.2. The molecule has 0 unspecified atom stereocenters. The van der Waals surface area contributed by atoms with E-state index in [1.165, 1.54) is 17.0 Å². The highest BCUT2D eigenvalue weighted by Crippen LogP contribution is 2.32. The molecule has 1 aliphatic heterocycles. The van der Waals surface area contributed by atoms with Gasteiger partial charge in [-0.05, 0) is 37.1 Å². The van der Waals surface area contributed by atoms with Crippen LogP contribution >= 0.6 is 0 Å². The van der Waals surface area contributed by atoms with Crippen molar-refractivity contribution in [3.8, 4) is 11.5 Å². The number of nitrogens with one attached hydrogen (secondary N) is 1. The fourth-order valence-electron chi connectivity index (χ4n) is 3.16. The van der Waals surface area contributed by atoms with Crippen LogP contribution in [0.2, 0.25) is 0 Å². The number of amides is 1. The number of rotatable bonds is 11. The molecule has 0 aliphatic carbocycles. The molecule has 10 heteroatoms. The van der Waals surface area contributed by atoms with E-state index in [2.05, 4.69) is 4.72 Å². The second-order valence-corrected chi connectivity index (χ2v) is 9.23. The maximum Gasteiger partial charge on any atom is 0.306 e. The van der Waals surface area contributed by atoms with Crippen molar-refractivity contribution in [2.45, 2.75) is 30.6 Å². The molecule has 1 heterocycles. The van der Waals surface area contributed by atoms with E-state index in [4.69, 9.17) is 14.2 Å². The zero-order valence-electron chi connectivity index (χ0n) is 18.5. The number of nitrogens with zero attached hydrogens (tertiary/aromatic N) is 1. The number of ether oxygens (including phenoxy) is 3. The second-order valence-electron chi connectivity index (χ2n) is 7.46. The van der Waals surface area contributed by atoms with Crippen LogP contribution in [-0.2, 0) is 24.3 Å². The Morgan fingerprint density at radius 3 is 2.48 bits per heavy atom. The fourth-order valence-corrected chi connectivity index (χ4v) is 4.25.